The number of rotatable bonds is 3. The zero-order valence-corrected chi connectivity index (χ0v) is 11.8. The lowest BCUT2D eigenvalue weighted by atomic mass is 10.1. The van der Waals surface area contributed by atoms with E-state index < -0.39 is 6.04 Å². The van der Waals surface area contributed by atoms with Gasteiger partial charge in [0.15, 0.2) is 0 Å². The molecule has 0 saturated heterocycles. The fourth-order valence-corrected chi connectivity index (χ4v) is 1.92. The number of halogens is 1. The van der Waals surface area contributed by atoms with Crippen molar-refractivity contribution in [3.63, 3.8) is 0 Å². The molecule has 0 radical (unpaired) electrons. The van der Waals surface area contributed by atoms with Crippen molar-refractivity contribution in [1.29, 1.82) is 0 Å². The van der Waals surface area contributed by atoms with Crippen molar-refractivity contribution in [2.45, 2.75) is 6.04 Å². The highest BCUT2D eigenvalue weighted by atomic mass is 127. The molecule has 0 aliphatic carbocycles. The molecule has 0 aliphatic heterocycles. The summed E-state index contributed by atoms with van der Waals surface area (Å²) in [4.78, 5) is 12.0. The van der Waals surface area contributed by atoms with Crippen LogP contribution in [-0.4, -0.2) is 5.91 Å². The fourth-order valence-electron chi connectivity index (χ4n) is 1.56. The molecular formula is C14H13IN2O. The largest absolute Gasteiger partial charge is 0.324 e. The second kappa shape index (κ2) is 5.97. The predicted octanol–water partition coefficient (Wildman–Crippen LogP) is 2.93. The maximum Gasteiger partial charge on any atom is 0.245 e. The van der Waals surface area contributed by atoms with Gasteiger partial charge in [-0.05, 0) is 52.4 Å². The molecule has 4 heteroatoms. The topological polar surface area (TPSA) is 55.1 Å². The summed E-state index contributed by atoms with van der Waals surface area (Å²) in [7, 11) is 0. The zero-order valence-electron chi connectivity index (χ0n) is 9.64. The molecular weight excluding hydrogens is 339 g/mol. The van der Waals surface area contributed by atoms with E-state index in [2.05, 4.69) is 27.9 Å². The van der Waals surface area contributed by atoms with Gasteiger partial charge in [0.25, 0.3) is 0 Å². The number of carbonyl (C=O) groups is 1. The van der Waals surface area contributed by atoms with Gasteiger partial charge in [-0.15, -0.1) is 0 Å². The number of anilines is 1. The highest BCUT2D eigenvalue weighted by Crippen LogP contribution is 2.15. The number of hydrogen-bond acceptors (Lipinski definition) is 2. The van der Waals surface area contributed by atoms with Crippen LogP contribution < -0.4 is 11.1 Å². The maximum absolute atomic E-state index is 12.0. The predicted molar refractivity (Wildman–Crippen MR) is 81.2 cm³/mol. The van der Waals surface area contributed by atoms with Gasteiger partial charge in [0, 0.05) is 9.26 Å². The number of hydrogen-bond donors (Lipinski definition) is 2. The number of nitrogens with one attached hydrogen (secondary N) is 1. The Labute approximate surface area is 120 Å². The molecule has 1 atom stereocenters. The van der Waals surface area contributed by atoms with Crippen LogP contribution >= 0.6 is 22.6 Å². The number of benzene rings is 2. The van der Waals surface area contributed by atoms with Crippen LogP contribution in [0.25, 0.3) is 0 Å². The van der Waals surface area contributed by atoms with E-state index in [9.17, 15) is 4.79 Å². The van der Waals surface area contributed by atoms with E-state index in [1.54, 1.807) is 0 Å². The lowest BCUT2D eigenvalue weighted by molar-refractivity contribution is -0.117. The molecule has 0 fully saturated rings. The van der Waals surface area contributed by atoms with Gasteiger partial charge < -0.3 is 11.1 Å². The van der Waals surface area contributed by atoms with E-state index in [-0.39, 0.29) is 5.91 Å². The molecule has 3 N–H and O–H groups in total. The van der Waals surface area contributed by atoms with E-state index in [0.717, 1.165) is 14.8 Å². The monoisotopic (exact) mass is 352 g/mol. The number of nitrogens with two attached hydrogens (primary N) is 1. The molecule has 2 rings (SSSR count). The Morgan fingerprint density at radius 3 is 2.28 bits per heavy atom. The highest BCUT2D eigenvalue weighted by Gasteiger charge is 2.15. The van der Waals surface area contributed by atoms with Gasteiger partial charge in [0.1, 0.15) is 6.04 Å². The SMILES string of the molecule is N[C@@H](C(=O)Nc1ccc(I)cc1)c1ccccc1. The van der Waals surface area contributed by atoms with Crippen LogP contribution in [0.2, 0.25) is 0 Å². The van der Waals surface area contributed by atoms with Crippen molar-refractivity contribution in [2.24, 2.45) is 5.73 Å². The fraction of sp³-hybridized carbons (Fsp3) is 0.0714. The van der Waals surface area contributed by atoms with Gasteiger partial charge in [-0.2, -0.15) is 0 Å². The van der Waals surface area contributed by atoms with Gasteiger partial charge >= 0.3 is 0 Å². The summed E-state index contributed by atoms with van der Waals surface area (Å²) in [6.07, 6.45) is 0. The number of amides is 1. The summed E-state index contributed by atoms with van der Waals surface area (Å²) in [5, 5.41) is 2.80. The summed E-state index contributed by atoms with van der Waals surface area (Å²) in [5.74, 6) is -0.206. The van der Waals surface area contributed by atoms with Crippen molar-refractivity contribution in [3.8, 4) is 0 Å². The Morgan fingerprint density at radius 1 is 1.06 bits per heavy atom. The minimum Gasteiger partial charge on any atom is -0.324 e. The van der Waals surface area contributed by atoms with Crippen molar-refractivity contribution >= 4 is 34.2 Å². The average molecular weight is 352 g/mol. The van der Waals surface area contributed by atoms with Crippen molar-refractivity contribution in [3.05, 3.63) is 63.7 Å². The Hall–Kier alpha value is -1.40. The lowest BCUT2D eigenvalue weighted by Crippen LogP contribution is -2.27. The van der Waals surface area contributed by atoms with Gasteiger partial charge in [0.05, 0.1) is 0 Å². The smallest absolute Gasteiger partial charge is 0.245 e. The van der Waals surface area contributed by atoms with Crippen LogP contribution in [0.1, 0.15) is 11.6 Å². The summed E-state index contributed by atoms with van der Waals surface area (Å²) in [6.45, 7) is 0. The summed E-state index contributed by atoms with van der Waals surface area (Å²) in [5.41, 5.74) is 7.47. The lowest BCUT2D eigenvalue weighted by Gasteiger charge is -2.12. The molecule has 0 heterocycles. The van der Waals surface area contributed by atoms with Gasteiger partial charge in [0.2, 0.25) is 5.91 Å². The minimum atomic E-state index is -0.648. The molecule has 0 saturated carbocycles. The van der Waals surface area contributed by atoms with Crippen LogP contribution in [0.4, 0.5) is 5.69 Å². The first-order chi connectivity index (χ1) is 8.66. The van der Waals surface area contributed by atoms with Crippen molar-refractivity contribution in [2.75, 3.05) is 5.32 Å². The van der Waals surface area contributed by atoms with Gasteiger partial charge in [-0.1, -0.05) is 30.3 Å². The van der Waals surface area contributed by atoms with Crippen molar-refractivity contribution in [1.82, 2.24) is 0 Å². The molecule has 18 heavy (non-hydrogen) atoms. The van der Waals surface area contributed by atoms with E-state index in [1.807, 2.05) is 54.6 Å². The van der Waals surface area contributed by atoms with Crippen LogP contribution in [0.15, 0.2) is 54.6 Å². The normalized spacial score (nSPS) is 11.9. The van der Waals surface area contributed by atoms with Gasteiger partial charge in [-0.3, -0.25) is 4.79 Å². The standard InChI is InChI=1S/C14H13IN2O/c15-11-6-8-12(9-7-11)17-14(18)13(16)10-4-2-1-3-5-10/h1-9,13H,16H2,(H,17,18)/t13-/m1/s1. The minimum absolute atomic E-state index is 0.206. The summed E-state index contributed by atoms with van der Waals surface area (Å²) >= 11 is 2.22. The second-order valence-corrected chi connectivity index (χ2v) is 5.13. The highest BCUT2D eigenvalue weighted by molar-refractivity contribution is 14.1. The second-order valence-electron chi connectivity index (χ2n) is 3.88. The molecule has 92 valence electrons. The van der Waals surface area contributed by atoms with E-state index in [0.29, 0.717) is 0 Å². The Morgan fingerprint density at radius 2 is 1.67 bits per heavy atom. The van der Waals surface area contributed by atoms with Crippen LogP contribution in [0, 0.1) is 3.57 Å². The molecule has 0 aromatic heterocycles. The van der Waals surface area contributed by atoms with E-state index in [4.69, 9.17) is 5.73 Å². The molecule has 2 aromatic rings. The Balaban J connectivity index is 2.06. The molecule has 1 amide bonds. The number of carbonyl (C=O) groups excluding carboxylic acids is 1. The van der Waals surface area contributed by atoms with Crippen LogP contribution in [0.3, 0.4) is 0 Å². The molecule has 2 aromatic carbocycles. The molecule has 0 spiro atoms. The quantitative estimate of drug-likeness (QED) is 0.835. The first kappa shape index (κ1) is 13.0. The third-order valence-electron chi connectivity index (χ3n) is 2.55. The van der Waals surface area contributed by atoms with E-state index in [1.165, 1.54) is 0 Å². The van der Waals surface area contributed by atoms with E-state index >= 15 is 0 Å². The molecule has 3 nitrogen and oxygen atoms in total. The van der Waals surface area contributed by atoms with Crippen LogP contribution in [0.5, 0.6) is 0 Å². The third-order valence-corrected chi connectivity index (χ3v) is 3.27. The summed E-state index contributed by atoms with van der Waals surface area (Å²) < 4.78 is 1.12. The summed E-state index contributed by atoms with van der Waals surface area (Å²) in [6, 6.07) is 16.3. The van der Waals surface area contributed by atoms with Crippen LogP contribution in [-0.2, 0) is 4.79 Å². The molecule has 0 unspecified atom stereocenters. The molecule has 0 bridgehead atoms. The Bertz CT molecular complexity index is 525. The molecule has 0 aliphatic rings. The van der Waals surface area contributed by atoms with Gasteiger partial charge in [-0.25, -0.2) is 0 Å². The van der Waals surface area contributed by atoms with Crippen molar-refractivity contribution < 1.29 is 4.79 Å². The first-order valence-electron chi connectivity index (χ1n) is 5.54. The first-order valence-corrected chi connectivity index (χ1v) is 6.61. The Kier molecular flexibility index (Phi) is 4.33. The maximum atomic E-state index is 12.0. The average Bonchev–Trinajstić information content (AvgIpc) is 2.41. The zero-order chi connectivity index (χ0) is 13.0. The third kappa shape index (κ3) is 3.30.